The summed E-state index contributed by atoms with van der Waals surface area (Å²) in [7, 11) is 0. The number of hydrogen-bond acceptors (Lipinski definition) is 6. The van der Waals surface area contributed by atoms with Crippen molar-refractivity contribution < 1.29 is 9.53 Å². The molecule has 2 fully saturated rings. The number of nitrogens with zero attached hydrogens (tertiary/aromatic N) is 5. The minimum absolute atomic E-state index is 0.165. The summed E-state index contributed by atoms with van der Waals surface area (Å²) in [5.41, 5.74) is 3.07. The van der Waals surface area contributed by atoms with E-state index in [0.717, 1.165) is 80.2 Å². The Morgan fingerprint density at radius 2 is 2.00 bits per heavy atom. The van der Waals surface area contributed by atoms with E-state index in [1.165, 1.54) is 11.8 Å². The summed E-state index contributed by atoms with van der Waals surface area (Å²) in [6.07, 6.45) is 3.39. The van der Waals surface area contributed by atoms with Crippen molar-refractivity contribution >= 4 is 23.5 Å². The van der Waals surface area contributed by atoms with Gasteiger partial charge in [-0.2, -0.15) is 0 Å². The molecule has 152 valence electrons. The fourth-order valence-corrected chi connectivity index (χ4v) is 4.74. The molecule has 2 aromatic heterocycles. The molecule has 3 heterocycles. The lowest BCUT2D eigenvalue weighted by Gasteiger charge is -2.27. The number of aromatic nitrogens is 4. The van der Waals surface area contributed by atoms with Crippen LogP contribution in [-0.4, -0.2) is 57.2 Å². The minimum atomic E-state index is 0.165. The van der Waals surface area contributed by atoms with Gasteiger partial charge in [-0.25, -0.2) is 0 Å². The zero-order valence-corrected chi connectivity index (χ0v) is 17.8. The van der Waals surface area contributed by atoms with Crippen LogP contribution in [0, 0.1) is 13.8 Å². The Bertz CT molecular complexity index is 849. The number of anilines is 1. The molecule has 0 atom stereocenters. The van der Waals surface area contributed by atoms with Gasteiger partial charge in [0.1, 0.15) is 0 Å². The van der Waals surface area contributed by atoms with Gasteiger partial charge in [0.25, 0.3) is 0 Å². The van der Waals surface area contributed by atoms with Crippen molar-refractivity contribution in [3.63, 3.8) is 0 Å². The van der Waals surface area contributed by atoms with Crippen LogP contribution in [-0.2, 0) is 11.3 Å². The van der Waals surface area contributed by atoms with Crippen molar-refractivity contribution in [2.24, 2.45) is 0 Å². The summed E-state index contributed by atoms with van der Waals surface area (Å²) < 4.78 is 9.94. The highest BCUT2D eigenvalue weighted by Crippen LogP contribution is 2.41. The van der Waals surface area contributed by atoms with Crippen LogP contribution in [0.4, 0.5) is 5.95 Å². The molecule has 2 aliphatic rings. The third-order valence-corrected chi connectivity index (χ3v) is 6.45. The molecule has 28 heavy (non-hydrogen) atoms. The molecule has 1 aliphatic carbocycles. The summed E-state index contributed by atoms with van der Waals surface area (Å²) in [5, 5.41) is 9.75. The maximum absolute atomic E-state index is 12.9. The Labute approximate surface area is 170 Å². The average Bonchev–Trinajstić information content (AvgIpc) is 3.40. The van der Waals surface area contributed by atoms with Gasteiger partial charge in [-0.1, -0.05) is 18.7 Å². The van der Waals surface area contributed by atoms with Gasteiger partial charge in [0.2, 0.25) is 5.95 Å². The number of ether oxygens (including phenoxy) is 1. The van der Waals surface area contributed by atoms with Crippen LogP contribution in [0.2, 0.25) is 0 Å². The van der Waals surface area contributed by atoms with E-state index >= 15 is 0 Å². The van der Waals surface area contributed by atoms with Gasteiger partial charge in [0.15, 0.2) is 10.9 Å². The molecule has 2 aromatic rings. The van der Waals surface area contributed by atoms with Crippen molar-refractivity contribution in [2.75, 3.05) is 37.0 Å². The third-order valence-electron chi connectivity index (χ3n) is 5.51. The molecule has 4 rings (SSSR count). The second-order valence-corrected chi connectivity index (χ2v) is 8.57. The van der Waals surface area contributed by atoms with Crippen LogP contribution in [0.5, 0.6) is 0 Å². The Morgan fingerprint density at radius 3 is 2.68 bits per heavy atom. The lowest BCUT2D eigenvalue weighted by Crippen LogP contribution is -2.38. The van der Waals surface area contributed by atoms with E-state index in [4.69, 9.17) is 4.74 Å². The summed E-state index contributed by atoms with van der Waals surface area (Å²) in [4.78, 5) is 15.1. The van der Waals surface area contributed by atoms with E-state index in [1.807, 2.05) is 13.0 Å². The van der Waals surface area contributed by atoms with Crippen molar-refractivity contribution in [1.82, 2.24) is 19.3 Å². The maximum Gasteiger partial charge on any atom is 0.228 e. The zero-order chi connectivity index (χ0) is 19.7. The predicted octanol–water partition coefficient (Wildman–Crippen LogP) is 3.25. The number of rotatable bonds is 8. The summed E-state index contributed by atoms with van der Waals surface area (Å²) in [5.74, 6) is 1.49. The molecule has 1 saturated carbocycles. The van der Waals surface area contributed by atoms with Crippen molar-refractivity contribution in [1.29, 1.82) is 0 Å². The summed E-state index contributed by atoms with van der Waals surface area (Å²) in [6, 6.07) is 2.50. The Hall–Kier alpha value is -1.80. The lowest BCUT2D eigenvalue weighted by molar-refractivity contribution is 0.102. The van der Waals surface area contributed by atoms with Crippen molar-refractivity contribution in [3.05, 3.63) is 23.0 Å². The van der Waals surface area contributed by atoms with Gasteiger partial charge in [-0.3, -0.25) is 9.36 Å². The molecule has 8 heteroatoms. The predicted molar refractivity (Wildman–Crippen MR) is 111 cm³/mol. The van der Waals surface area contributed by atoms with Crippen LogP contribution in [0.15, 0.2) is 11.2 Å². The number of carbonyl (C=O) groups excluding carboxylic acids is 1. The molecule has 0 amide bonds. The van der Waals surface area contributed by atoms with Crippen LogP contribution >= 0.6 is 11.8 Å². The largest absolute Gasteiger partial charge is 0.378 e. The van der Waals surface area contributed by atoms with Crippen LogP contribution < -0.4 is 4.90 Å². The van der Waals surface area contributed by atoms with Gasteiger partial charge < -0.3 is 14.2 Å². The first-order valence-corrected chi connectivity index (χ1v) is 11.2. The zero-order valence-electron chi connectivity index (χ0n) is 17.0. The van der Waals surface area contributed by atoms with E-state index in [1.54, 1.807) is 0 Å². The fourth-order valence-electron chi connectivity index (χ4n) is 3.86. The first kappa shape index (κ1) is 19.5. The summed E-state index contributed by atoms with van der Waals surface area (Å²) in [6.45, 7) is 10.4. The molecule has 0 unspecified atom stereocenters. The van der Waals surface area contributed by atoms with Gasteiger partial charge in [-0.05, 0) is 39.2 Å². The van der Waals surface area contributed by atoms with Gasteiger partial charge in [0.05, 0.1) is 19.0 Å². The highest BCUT2D eigenvalue weighted by molar-refractivity contribution is 7.99. The molecule has 0 bridgehead atoms. The number of morpholine rings is 1. The molecular weight excluding hydrogens is 374 g/mol. The molecule has 0 radical (unpaired) electrons. The lowest BCUT2D eigenvalue weighted by atomic mass is 10.2. The normalized spacial score (nSPS) is 17.3. The Morgan fingerprint density at radius 1 is 1.25 bits per heavy atom. The van der Waals surface area contributed by atoms with Crippen LogP contribution in [0.1, 0.15) is 54.0 Å². The van der Waals surface area contributed by atoms with Crippen LogP contribution in [0.3, 0.4) is 0 Å². The van der Waals surface area contributed by atoms with E-state index in [2.05, 4.69) is 38.1 Å². The van der Waals surface area contributed by atoms with E-state index in [-0.39, 0.29) is 5.78 Å². The maximum atomic E-state index is 12.9. The number of aryl methyl sites for hydroxylation is 1. The average molecular weight is 404 g/mol. The van der Waals surface area contributed by atoms with Crippen LogP contribution in [0.25, 0.3) is 0 Å². The SMILES string of the molecule is CCCn1c(C)cc(C(=O)CSc2nnc(N3CCOCC3)n2C2CC2)c1C. The number of Topliss-reactive ketones (excluding diaryl/α,β-unsaturated/α-hetero) is 1. The quantitative estimate of drug-likeness (QED) is 0.498. The second-order valence-electron chi connectivity index (χ2n) is 7.63. The second kappa shape index (κ2) is 8.29. The number of carbonyl (C=O) groups is 1. The minimum Gasteiger partial charge on any atom is -0.378 e. The highest BCUT2D eigenvalue weighted by Gasteiger charge is 2.32. The third kappa shape index (κ3) is 3.85. The Kier molecular flexibility index (Phi) is 5.78. The molecular formula is C20H29N5O2S. The number of thioether (sulfide) groups is 1. The first-order chi connectivity index (χ1) is 13.6. The van der Waals surface area contributed by atoms with E-state index < -0.39 is 0 Å². The molecule has 0 N–H and O–H groups in total. The monoisotopic (exact) mass is 403 g/mol. The molecule has 7 nitrogen and oxygen atoms in total. The Balaban J connectivity index is 1.48. The number of hydrogen-bond donors (Lipinski definition) is 0. The van der Waals surface area contributed by atoms with Crippen molar-refractivity contribution in [2.45, 2.75) is 57.8 Å². The van der Waals surface area contributed by atoms with Gasteiger partial charge >= 0.3 is 0 Å². The van der Waals surface area contributed by atoms with Gasteiger partial charge in [-0.15, -0.1) is 10.2 Å². The van der Waals surface area contributed by atoms with Crippen molar-refractivity contribution in [3.8, 4) is 0 Å². The smallest absolute Gasteiger partial charge is 0.228 e. The molecule has 1 aliphatic heterocycles. The topological polar surface area (TPSA) is 65.2 Å². The summed E-state index contributed by atoms with van der Waals surface area (Å²) >= 11 is 1.51. The van der Waals surface area contributed by atoms with Gasteiger partial charge in [0, 0.05) is 42.6 Å². The molecule has 0 aromatic carbocycles. The van der Waals surface area contributed by atoms with E-state index in [9.17, 15) is 4.79 Å². The number of ketones is 1. The highest BCUT2D eigenvalue weighted by atomic mass is 32.2. The standard InChI is InChI=1S/C20H29N5O2S/c1-4-7-24-14(2)12-17(15(24)3)18(26)13-28-20-22-21-19(25(20)16-5-6-16)23-8-10-27-11-9-23/h12,16H,4-11,13H2,1-3H3. The first-order valence-electron chi connectivity index (χ1n) is 10.2. The fraction of sp³-hybridized carbons (Fsp3) is 0.650. The molecule has 0 spiro atoms. The van der Waals surface area contributed by atoms with E-state index in [0.29, 0.717) is 11.8 Å². The molecule has 1 saturated heterocycles.